The van der Waals surface area contributed by atoms with E-state index in [0.29, 0.717) is 6.42 Å². The molecule has 1 aliphatic heterocycles. The van der Waals surface area contributed by atoms with E-state index >= 15 is 0 Å². The maximum absolute atomic E-state index is 14.5. The van der Waals surface area contributed by atoms with Crippen molar-refractivity contribution in [1.29, 1.82) is 0 Å². The van der Waals surface area contributed by atoms with Crippen LogP contribution >= 0.6 is 0 Å². The van der Waals surface area contributed by atoms with Gasteiger partial charge in [-0.3, -0.25) is 4.98 Å². The molecule has 2 bridgehead atoms. The Kier molecular flexibility index (Phi) is 4.53. The van der Waals surface area contributed by atoms with Crippen LogP contribution in [0.1, 0.15) is 75.0 Å². The highest BCUT2D eigenvalue weighted by Crippen LogP contribution is 2.69. The molecule has 3 aromatic rings. The summed E-state index contributed by atoms with van der Waals surface area (Å²) < 4.78 is 28.9. The van der Waals surface area contributed by atoms with Crippen molar-refractivity contribution in [3.8, 4) is 11.3 Å². The van der Waals surface area contributed by atoms with E-state index in [1.54, 1.807) is 6.20 Å². The summed E-state index contributed by atoms with van der Waals surface area (Å²) in [7, 11) is 0. The van der Waals surface area contributed by atoms with Gasteiger partial charge in [-0.1, -0.05) is 26.8 Å². The summed E-state index contributed by atoms with van der Waals surface area (Å²) in [6.07, 6.45) is 6.88. The number of benzene rings is 1. The predicted octanol–water partition coefficient (Wildman–Crippen LogP) is 5.37. The molecule has 0 N–H and O–H groups in total. The zero-order valence-electron chi connectivity index (χ0n) is 19.3. The van der Waals surface area contributed by atoms with E-state index in [1.165, 1.54) is 18.2 Å². The van der Waals surface area contributed by atoms with E-state index in [2.05, 4.69) is 46.2 Å². The lowest BCUT2D eigenvalue weighted by Gasteiger charge is -2.37. The summed E-state index contributed by atoms with van der Waals surface area (Å²) in [6.45, 7) is 6.50. The molecule has 2 atom stereocenters. The van der Waals surface area contributed by atoms with Gasteiger partial charge in [-0.15, -0.1) is 5.10 Å². The van der Waals surface area contributed by atoms with E-state index < -0.39 is 17.0 Å². The Hall–Kier alpha value is -3.42. The van der Waals surface area contributed by atoms with Crippen molar-refractivity contribution in [2.75, 3.05) is 0 Å². The Morgan fingerprint density at radius 3 is 2.56 bits per heavy atom. The van der Waals surface area contributed by atoms with Crippen LogP contribution in [0.2, 0.25) is 0 Å². The van der Waals surface area contributed by atoms with Crippen molar-refractivity contribution < 1.29 is 8.78 Å². The molecule has 3 aliphatic rings. The molecular formula is C26H24F2N6. The van der Waals surface area contributed by atoms with Crippen molar-refractivity contribution in [1.82, 2.24) is 20.2 Å². The van der Waals surface area contributed by atoms with E-state index in [0.717, 1.165) is 53.3 Å². The van der Waals surface area contributed by atoms with E-state index in [1.807, 2.05) is 12.3 Å². The second kappa shape index (κ2) is 7.29. The van der Waals surface area contributed by atoms with Crippen LogP contribution in [0.5, 0.6) is 0 Å². The highest BCUT2D eigenvalue weighted by atomic mass is 19.1. The number of fused-ring (bicyclic) bond motifs is 5. The van der Waals surface area contributed by atoms with Crippen LogP contribution in [-0.2, 0) is 5.41 Å². The summed E-state index contributed by atoms with van der Waals surface area (Å²) in [5.74, 6) is -1.11. The predicted molar refractivity (Wildman–Crippen MR) is 125 cm³/mol. The van der Waals surface area contributed by atoms with Gasteiger partial charge < -0.3 is 0 Å². The maximum Gasteiger partial charge on any atom is 0.135 e. The molecule has 1 aromatic carbocycles. The van der Waals surface area contributed by atoms with Gasteiger partial charge in [-0.2, -0.15) is 15.3 Å². The topological polar surface area (TPSA) is 76.3 Å². The van der Waals surface area contributed by atoms with Gasteiger partial charge in [0.25, 0.3) is 0 Å². The van der Waals surface area contributed by atoms with Gasteiger partial charge in [0, 0.05) is 18.3 Å². The van der Waals surface area contributed by atoms with Gasteiger partial charge in [0.1, 0.15) is 17.3 Å². The number of hydrogen-bond donors (Lipinski definition) is 0. The Bertz CT molecular complexity index is 1380. The number of halogens is 2. The van der Waals surface area contributed by atoms with E-state index in [4.69, 9.17) is 4.98 Å². The Labute approximate surface area is 196 Å². The van der Waals surface area contributed by atoms with Gasteiger partial charge in [-0.25, -0.2) is 13.8 Å². The van der Waals surface area contributed by atoms with Crippen molar-refractivity contribution in [2.24, 2.45) is 15.6 Å². The van der Waals surface area contributed by atoms with Crippen molar-refractivity contribution in [3.63, 3.8) is 0 Å². The molecule has 0 amide bonds. The minimum atomic E-state index is -0.643. The molecule has 0 spiro atoms. The van der Waals surface area contributed by atoms with Crippen LogP contribution < -0.4 is 0 Å². The first-order valence-electron chi connectivity index (χ1n) is 11.6. The molecule has 172 valence electrons. The summed E-state index contributed by atoms with van der Waals surface area (Å²) in [6, 6.07) is 5.65. The van der Waals surface area contributed by atoms with E-state index in [9.17, 15) is 8.78 Å². The number of rotatable bonds is 4. The zero-order valence-corrected chi connectivity index (χ0v) is 19.3. The smallest absolute Gasteiger partial charge is 0.135 e. The zero-order chi connectivity index (χ0) is 23.7. The molecule has 0 saturated heterocycles. The standard InChI is InChI=1S/C26H24F2N6/c1-4-14-10-19(32-31-14)21-12-29-13-22(30-21)26-9-8-16(25(26,2)3)15-11-20(33-34-24(15)26)23-17(27)6-5-7-18(23)28/h5-7,11-13,16H,4,8-10H2,1-3H3/t16-,26-/m0/s1. The fraction of sp³-hybridized carbons (Fsp3) is 0.385. The molecule has 8 heteroatoms. The van der Waals surface area contributed by atoms with Crippen LogP contribution in [0.3, 0.4) is 0 Å². The van der Waals surface area contributed by atoms with Gasteiger partial charge in [0.2, 0.25) is 0 Å². The first kappa shape index (κ1) is 21.1. The van der Waals surface area contributed by atoms with Crippen molar-refractivity contribution in [3.05, 3.63) is 70.9 Å². The second-order valence-corrected chi connectivity index (χ2v) is 9.88. The van der Waals surface area contributed by atoms with Crippen molar-refractivity contribution in [2.45, 2.75) is 57.8 Å². The highest BCUT2D eigenvalue weighted by molar-refractivity contribution is 6.14. The lowest BCUT2D eigenvalue weighted by Crippen LogP contribution is -2.38. The SMILES string of the molecule is CCC1=NN=C(c2cncc([C@@]34CC[C@@H](c5cc(-c6c(F)cccc6F)nnc53)C4(C)C)n2)C1. The largest absolute Gasteiger partial charge is 0.260 e. The molecule has 2 aliphatic carbocycles. The molecule has 34 heavy (non-hydrogen) atoms. The fourth-order valence-corrected chi connectivity index (χ4v) is 6.20. The van der Waals surface area contributed by atoms with Gasteiger partial charge >= 0.3 is 0 Å². The number of aromatic nitrogens is 4. The maximum atomic E-state index is 14.5. The monoisotopic (exact) mass is 458 g/mol. The first-order valence-corrected chi connectivity index (χ1v) is 11.6. The summed E-state index contributed by atoms with van der Waals surface area (Å²) in [5.41, 5.74) is 4.63. The minimum absolute atomic E-state index is 0.139. The Balaban J connectivity index is 1.47. The molecule has 2 aromatic heterocycles. The molecule has 6 nitrogen and oxygen atoms in total. The highest BCUT2D eigenvalue weighted by Gasteiger charge is 2.65. The second-order valence-electron chi connectivity index (χ2n) is 9.88. The van der Waals surface area contributed by atoms with Crippen LogP contribution in [-0.4, -0.2) is 31.6 Å². The normalized spacial score (nSPS) is 24.2. The molecular weight excluding hydrogens is 434 g/mol. The first-order chi connectivity index (χ1) is 16.4. The fourth-order valence-electron chi connectivity index (χ4n) is 6.20. The minimum Gasteiger partial charge on any atom is -0.260 e. The lowest BCUT2D eigenvalue weighted by atomic mass is 9.66. The molecule has 0 unspecified atom stereocenters. The third kappa shape index (κ3) is 2.71. The van der Waals surface area contributed by atoms with Crippen LogP contribution in [0.25, 0.3) is 11.3 Å². The Morgan fingerprint density at radius 2 is 1.82 bits per heavy atom. The molecule has 6 rings (SSSR count). The molecule has 1 saturated carbocycles. The van der Waals surface area contributed by atoms with Gasteiger partial charge in [0.05, 0.1) is 40.0 Å². The van der Waals surface area contributed by atoms with Gasteiger partial charge in [0.15, 0.2) is 0 Å². The lowest BCUT2D eigenvalue weighted by molar-refractivity contribution is 0.242. The summed E-state index contributed by atoms with van der Waals surface area (Å²) in [5, 5.41) is 17.5. The third-order valence-electron chi connectivity index (χ3n) is 8.06. The molecule has 1 fully saturated rings. The van der Waals surface area contributed by atoms with Crippen LogP contribution in [0.15, 0.2) is 46.9 Å². The number of nitrogens with zero attached hydrogens (tertiary/aromatic N) is 6. The summed E-state index contributed by atoms with van der Waals surface area (Å²) >= 11 is 0. The Morgan fingerprint density at radius 1 is 1.03 bits per heavy atom. The van der Waals surface area contributed by atoms with Crippen LogP contribution in [0, 0.1) is 17.0 Å². The molecule has 0 radical (unpaired) electrons. The third-order valence-corrected chi connectivity index (χ3v) is 8.06. The average Bonchev–Trinajstić information content (AvgIpc) is 3.47. The van der Waals surface area contributed by atoms with Crippen molar-refractivity contribution >= 4 is 11.4 Å². The molecule has 3 heterocycles. The average molecular weight is 459 g/mol. The quantitative estimate of drug-likeness (QED) is 0.526. The van der Waals surface area contributed by atoms with Crippen LogP contribution in [0.4, 0.5) is 8.78 Å². The number of hydrogen-bond acceptors (Lipinski definition) is 6. The van der Waals surface area contributed by atoms with Gasteiger partial charge in [-0.05, 0) is 54.4 Å². The van der Waals surface area contributed by atoms with E-state index in [-0.39, 0.29) is 22.6 Å². The summed E-state index contributed by atoms with van der Waals surface area (Å²) in [4.78, 5) is 9.55.